The molecule has 1 aromatic heterocycles. The molecule has 0 saturated carbocycles. The lowest BCUT2D eigenvalue weighted by Gasteiger charge is -2.28. The molecule has 3 rings (SSSR count). The Labute approximate surface area is 122 Å². The number of aryl methyl sites for hydroxylation is 1. The van der Waals surface area contributed by atoms with Crippen LogP contribution in [0.5, 0.6) is 5.75 Å². The van der Waals surface area contributed by atoms with E-state index in [1.165, 1.54) is 0 Å². The molecule has 0 bridgehead atoms. The Bertz CT molecular complexity index is 585. The van der Waals surface area contributed by atoms with Gasteiger partial charge in [0.05, 0.1) is 6.20 Å². The molecule has 106 valence electrons. The summed E-state index contributed by atoms with van der Waals surface area (Å²) in [6.07, 6.45) is 3.80. The van der Waals surface area contributed by atoms with Crippen molar-refractivity contribution in [2.45, 2.75) is 37.0 Å². The molecule has 1 N–H and O–H groups in total. The number of para-hydroxylation sites is 1. The number of fused-ring (bicyclic) bond motifs is 1. The fraction of sp³-hybridized carbons (Fsp3) is 0.400. The van der Waals surface area contributed by atoms with Crippen molar-refractivity contribution >= 4 is 11.8 Å². The molecule has 0 radical (unpaired) electrons. The number of aromatic nitrogens is 2. The van der Waals surface area contributed by atoms with Gasteiger partial charge in [-0.3, -0.25) is 4.68 Å². The number of hydrogen-bond acceptors (Lipinski definition) is 4. The predicted octanol–water partition coefficient (Wildman–Crippen LogP) is 2.88. The maximum absolute atomic E-state index is 10.5. The first kappa shape index (κ1) is 13.5. The summed E-state index contributed by atoms with van der Waals surface area (Å²) in [5.74, 6) is 1.60. The zero-order chi connectivity index (χ0) is 13.9. The number of thioether (sulfide) groups is 1. The van der Waals surface area contributed by atoms with Crippen LogP contribution in [-0.2, 0) is 6.54 Å². The predicted molar refractivity (Wildman–Crippen MR) is 79.1 cm³/mol. The fourth-order valence-electron chi connectivity index (χ4n) is 2.29. The van der Waals surface area contributed by atoms with Crippen LogP contribution in [0.3, 0.4) is 0 Å². The number of ether oxygens (including phenoxy) is 1. The first-order valence-corrected chi connectivity index (χ1v) is 7.85. The van der Waals surface area contributed by atoms with Gasteiger partial charge >= 0.3 is 0 Å². The highest BCUT2D eigenvalue weighted by atomic mass is 32.2. The molecule has 0 amide bonds. The summed E-state index contributed by atoms with van der Waals surface area (Å²) >= 11 is 1.72. The van der Waals surface area contributed by atoms with Crippen LogP contribution in [0.4, 0.5) is 0 Å². The van der Waals surface area contributed by atoms with Crippen LogP contribution in [0.25, 0.3) is 0 Å². The summed E-state index contributed by atoms with van der Waals surface area (Å²) in [5, 5.41) is 14.7. The van der Waals surface area contributed by atoms with Crippen molar-refractivity contribution in [1.29, 1.82) is 0 Å². The van der Waals surface area contributed by atoms with E-state index in [0.29, 0.717) is 0 Å². The normalized spacial score (nSPS) is 19.2. The lowest BCUT2D eigenvalue weighted by Crippen LogP contribution is -2.30. The first-order valence-electron chi connectivity index (χ1n) is 6.87. The van der Waals surface area contributed by atoms with Crippen molar-refractivity contribution in [2.75, 3.05) is 5.75 Å². The van der Waals surface area contributed by atoms with Crippen molar-refractivity contribution in [3.8, 4) is 5.75 Å². The van der Waals surface area contributed by atoms with Gasteiger partial charge in [0, 0.05) is 29.0 Å². The number of benzene rings is 1. The lowest BCUT2D eigenvalue weighted by molar-refractivity contribution is 0.0457. The van der Waals surface area contributed by atoms with Gasteiger partial charge in [0.25, 0.3) is 0 Å². The minimum atomic E-state index is -0.638. The highest BCUT2D eigenvalue weighted by Crippen LogP contribution is 2.38. The van der Waals surface area contributed by atoms with Crippen LogP contribution in [0.1, 0.15) is 25.0 Å². The number of rotatable bonds is 4. The Morgan fingerprint density at radius 1 is 1.50 bits per heavy atom. The summed E-state index contributed by atoms with van der Waals surface area (Å²) in [5.41, 5.74) is 0.823. The molecule has 2 atom stereocenters. The fourth-order valence-corrected chi connectivity index (χ4v) is 3.32. The molecule has 0 aliphatic carbocycles. The maximum atomic E-state index is 10.5. The van der Waals surface area contributed by atoms with Crippen molar-refractivity contribution in [1.82, 2.24) is 9.78 Å². The minimum absolute atomic E-state index is 0.228. The van der Waals surface area contributed by atoms with Crippen LogP contribution < -0.4 is 4.74 Å². The second-order valence-electron chi connectivity index (χ2n) is 4.90. The summed E-state index contributed by atoms with van der Waals surface area (Å²) in [4.78, 5) is 1.14. The van der Waals surface area contributed by atoms with E-state index >= 15 is 0 Å². The molecule has 2 heterocycles. The van der Waals surface area contributed by atoms with E-state index in [9.17, 15) is 5.11 Å². The van der Waals surface area contributed by atoms with Gasteiger partial charge < -0.3 is 9.84 Å². The highest BCUT2D eigenvalue weighted by Gasteiger charge is 2.28. The topological polar surface area (TPSA) is 47.3 Å². The quantitative estimate of drug-likeness (QED) is 0.940. The molecule has 20 heavy (non-hydrogen) atoms. The van der Waals surface area contributed by atoms with Gasteiger partial charge in [0.1, 0.15) is 18.0 Å². The third-order valence-electron chi connectivity index (χ3n) is 3.33. The van der Waals surface area contributed by atoms with Crippen LogP contribution in [-0.4, -0.2) is 26.7 Å². The minimum Gasteiger partial charge on any atom is -0.485 e. The van der Waals surface area contributed by atoms with E-state index in [1.54, 1.807) is 18.0 Å². The number of hydrogen-bond donors (Lipinski definition) is 1. The molecule has 1 aliphatic rings. The Kier molecular flexibility index (Phi) is 3.98. The molecule has 0 fully saturated rings. The molecule has 1 aliphatic heterocycles. The van der Waals surface area contributed by atoms with Crippen LogP contribution in [0, 0.1) is 0 Å². The molecule has 1 aromatic carbocycles. The Morgan fingerprint density at radius 2 is 2.35 bits per heavy atom. The van der Waals surface area contributed by atoms with Gasteiger partial charge in [-0.1, -0.05) is 19.1 Å². The van der Waals surface area contributed by atoms with E-state index in [-0.39, 0.29) is 6.10 Å². The SMILES string of the molecule is CCCn1cc(C(O)C2CSc3ccccc3O2)cn1. The molecule has 2 aromatic rings. The zero-order valence-electron chi connectivity index (χ0n) is 11.4. The standard InChI is InChI=1S/C15H18N2O2S/c1-2-7-17-9-11(8-16-17)15(18)13-10-20-14-6-4-3-5-12(14)19-13/h3-6,8-9,13,15,18H,2,7,10H2,1H3. The third kappa shape index (κ3) is 2.69. The summed E-state index contributed by atoms with van der Waals surface area (Å²) in [7, 11) is 0. The summed E-state index contributed by atoms with van der Waals surface area (Å²) < 4.78 is 7.77. The van der Waals surface area contributed by atoms with Gasteiger partial charge in [0.15, 0.2) is 0 Å². The summed E-state index contributed by atoms with van der Waals surface area (Å²) in [6.45, 7) is 2.98. The zero-order valence-corrected chi connectivity index (χ0v) is 12.2. The molecule has 0 saturated heterocycles. The first-order chi connectivity index (χ1) is 9.78. The van der Waals surface area contributed by atoms with E-state index in [0.717, 1.165) is 34.9 Å². The lowest BCUT2D eigenvalue weighted by atomic mass is 10.1. The van der Waals surface area contributed by atoms with Gasteiger partial charge in [-0.05, 0) is 18.6 Å². The van der Waals surface area contributed by atoms with Gasteiger partial charge in [-0.25, -0.2) is 0 Å². The molecular formula is C15H18N2O2S. The average Bonchev–Trinajstić information content (AvgIpc) is 2.95. The Balaban J connectivity index is 1.73. The van der Waals surface area contributed by atoms with Crippen LogP contribution >= 0.6 is 11.8 Å². The second-order valence-corrected chi connectivity index (χ2v) is 5.96. The Hall–Kier alpha value is -1.46. The second kappa shape index (κ2) is 5.89. The molecule has 5 heteroatoms. The smallest absolute Gasteiger partial charge is 0.138 e. The number of nitrogens with zero attached hydrogens (tertiary/aromatic N) is 2. The van der Waals surface area contributed by atoms with E-state index < -0.39 is 6.10 Å². The summed E-state index contributed by atoms with van der Waals surface area (Å²) in [6, 6.07) is 7.94. The van der Waals surface area contributed by atoms with Crippen molar-refractivity contribution in [3.05, 3.63) is 42.2 Å². The number of aliphatic hydroxyl groups excluding tert-OH is 1. The molecule has 0 spiro atoms. The van der Waals surface area contributed by atoms with Crippen LogP contribution in [0.2, 0.25) is 0 Å². The van der Waals surface area contributed by atoms with Gasteiger partial charge in [-0.2, -0.15) is 5.10 Å². The molecule has 4 nitrogen and oxygen atoms in total. The van der Waals surface area contributed by atoms with E-state index in [1.807, 2.05) is 35.1 Å². The molecule has 2 unspecified atom stereocenters. The van der Waals surface area contributed by atoms with Gasteiger partial charge in [0.2, 0.25) is 0 Å². The van der Waals surface area contributed by atoms with Crippen LogP contribution in [0.15, 0.2) is 41.6 Å². The third-order valence-corrected chi connectivity index (χ3v) is 4.47. The number of aliphatic hydroxyl groups is 1. The van der Waals surface area contributed by atoms with E-state index in [4.69, 9.17) is 4.74 Å². The van der Waals surface area contributed by atoms with Crippen molar-refractivity contribution in [2.24, 2.45) is 0 Å². The van der Waals surface area contributed by atoms with E-state index in [2.05, 4.69) is 12.0 Å². The van der Waals surface area contributed by atoms with Gasteiger partial charge in [-0.15, -0.1) is 11.8 Å². The molecular weight excluding hydrogens is 272 g/mol. The largest absolute Gasteiger partial charge is 0.485 e. The average molecular weight is 290 g/mol. The highest BCUT2D eigenvalue weighted by molar-refractivity contribution is 7.99. The monoisotopic (exact) mass is 290 g/mol. The van der Waals surface area contributed by atoms with Crippen molar-refractivity contribution in [3.63, 3.8) is 0 Å². The Morgan fingerprint density at radius 3 is 3.20 bits per heavy atom. The van der Waals surface area contributed by atoms with Crippen molar-refractivity contribution < 1.29 is 9.84 Å². The maximum Gasteiger partial charge on any atom is 0.138 e.